The monoisotopic (exact) mass is 191 g/mol. The maximum Gasteiger partial charge on any atom is 0.396 e. The van der Waals surface area contributed by atoms with Crippen molar-refractivity contribution in [3.05, 3.63) is 18.1 Å². The van der Waals surface area contributed by atoms with Crippen molar-refractivity contribution >= 4 is 5.82 Å². The van der Waals surface area contributed by atoms with Crippen molar-refractivity contribution in [2.24, 2.45) is 0 Å². The van der Waals surface area contributed by atoms with Crippen molar-refractivity contribution in [2.75, 3.05) is 12.4 Å². The Bertz CT molecular complexity index is 285. The van der Waals surface area contributed by atoms with Crippen LogP contribution in [0.1, 0.15) is 5.82 Å². The lowest BCUT2D eigenvalue weighted by atomic mass is 10.4. The third-order valence-electron chi connectivity index (χ3n) is 1.32. The second-order valence-corrected chi connectivity index (χ2v) is 2.40. The van der Waals surface area contributed by atoms with E-state index in [9.17, 15) is 13.2 Å². The third-order valence-corrected chi connectivity index (χ3v) is 1.32. The number of halogens is 3. The summed E-state index contributed by atoms with van der Waals surface area (Å²) in [6.07, 6.45) is -4.06. The quantitative estimate of drug-likeness (QED) is 0.771. The molecule has 6 heteroatoms. The number of hydrogen-bond acceptors (Lipinski definition) is 3. The maximum atomic E-state index is 11.9. The Morgan fingerprint density at radius 1 is 1.46 bits per heavy atom. The number of rotatable bonds is 2. The zero-order chi connectivity index (χ0) is 9.90. The number of nitrogens with one attached hydrogen (secondary N) is 1. The first-order valence-electron chi connectivity index (χ1n) is 3.58. The molecule has 0 unspecified atom stereocenters. The van der Waals surface area contributed by atoms with E-state index in [4.69, 9.17) is 0 Å². The molecule has 0 fully saturated rings. The highest BCUT2D eigenvalue weighted by atomic mass is 19.4. The molecule has 0 aliphatic rings. The van der Waals surface area contributed by atoms with Gasteiger partial charge in [-0.2, -0.15) is 13.2 Å². The molecule has 0 aliphatic heterocycles. The van der Waals surface area contributed by atoms with Crippen LogP contribution in [0.3, 0.4) is 0 Å². The summed E-state index contributed by atoms with van der Waals surface area (Å²) >= 11 is 0. The van der Waals surface area contributed by atoms with Crippen molar-refractivity contribution in [3.8, 4) is 0 Å². The van der Waals surface area contributed by atoms with Gasteiger partial charge in [-0.15, -0.1) is 0 Å². The number of alkyl halides is 3. The molecule has 0 spiro atoms. The van der Waals surface area contributed by atoms with Crippen LogP contribution >= 0.6 is 0 Å². The van der Waals surface area contributed by atoms with Crippen molar-refractivity contribution in [3.63, 3.8) is 0 Å². The second-order valence-electron chi connectivity index (χ2n) is 2.40. The summed E-state index contributed by atoms with van der Waals surface area (Å²) < 4.78 is 35.6. The van der Waals surface area contributed by atoms with Gasteiger partial charge in [0.05, 0.1) is 0 Å². The highest BCUT2D eigenvalue weighted by Gasteiger charge is 2.29. The molecule has 0 saturated carbocycles. The van der Waals surface area contributed by atoms with Gasteiger partial charge in [0.25, 0.3) is 0 Å². The van der Waals surface area contributed by atoms with Crippen LogP contribution in [0.5, 0.6) is 0 Å². The Labute approximate surface area is 73.0 Å². The molecular formula is C7H8F3N3. The molecular weight excluding hydrogens is 183 g/mol. The Balaban J connectivity index is 2.78. The van der Waals surface area contributed by atoms with Gasteiger partial charge in [-0.1, -0.05) is 0 Å². The molecule has 0 amide bonds. The van der Waals surface area contributed by atoms with Gasteiger partial charge in [-0.3, -0.25) is 0 Å². The molecule has 1 aromatic rings. The molecule has 1 N–H and O–H groups in total. The van der Waals surface area contributed by atoms with E-state index in [0.717, 1.165) is 0 Å². The Morgan fingerprint density at radius 2 is 2.15 bits per heavy atom. The van der Waals surface area contributed by atoms with E-state index < -0.39 is 12.6 Å². The normalized spacial score (nSPS) is 11.4. The minimum Gasteiger partial charge on any atom is -0.373 e. The van der Waals surface area contributed by atoms with Crippen molar-refractivity contribution < 1.29 is 13.2 Å². The van der Waals surface area contributed by atoms with Gasteiger partial charge in [0.1, 0.15) is 18.1 Å². The molecule has 1 aromatic heterocycles. The van der Waals surface area contributed by atoms with E-state index in [1.54, 1.807) is 7.05 Å². The largest absolute Gasteiger partial charge is 0.396 e. The second kappa shape index (κ2) is 3.59. The van der Waals surface area contributed by atoms with Gasteiger partial charge in [-0.05, 0) is 6.07 Å². The van der Waals surface area contributed by atoms with Crippen LogP contribution in [0.2, 0.25) is 0 Å². The molecule has 0 radical (unpaired) electrons. The standard InChI is InChI=1S/C7H8F3N3/c1-11-5-2-3-12-6(13-5)4-7(8,9)10/h2-3H,4H2,1H3,(H,11,12,13). The van der Waals surface area contributed by atoms with E-state index >= 15 is 0 Å². The van der Waals surface area contributed by atoms with Gasteiger partial charge < -0.3 is 5.32 Å². The topological polar surface area (TPSA) is 37.8 Å². The van der Waals surface area contributed by atoms with Crippen LogP contribution in [0.4, 0.5) is 19.0 Å². The minimum atomic E-state index is -4.26. The third kappa shape index (κ3) is 3.27. The molecule has 0 bridgehead atoms. The zero-order valence-electron chi connectivity index (χ0n) is 6.89. The van der Waals surface area contributed by atoms with Gasteiger partial charge in [0, 0.05) is 13.2 Å². The molecule has 3 nitrogen and oxygen atoms in total. The first-order valence-corrected chi connectivity index (χ1v) is 3.58. The van der Waals surface area contributed by atoms with E-state index in [-0.39, 0.29) is 5.82 Å². The van der Waals surface area contributed by atoms with E-state index in [2.05, 4.69) is 15.3 Å². The predicted molar refractivity (Wildman–Crippen MR) is 41.3 cm³/mol. The van der Waals surface area contributed by atoms with Gasteiger partial charge in [0.15, 0.2) is 0 Å². The Hall–Kier alpha value is -1.33. The molecule has 13 heavy (non-hydrogen) atoms. The molecule has 1 rings (SSSR count). The van der Waals surface area contributed by atoms with E-state index in [0.29, 0.717) is 5.82 Å². The number of aromatic nitrogens is 2. The molecule has 72 valence electrons. The summed E-state index contributed by atoms with van der Waals surface area (Å²) in [5, 5.41) is 2.63. The molecule has 0 aromatic carbocycles. The molecule has 0 atom stereocenters. The lowest BCUT2D eigenvalue weighted by Crippen LogP contribution is -2.14. The van der Waals surface area contributed by atoms with Gasteiger partial charge >= 0.3 is 6.18 Å². The lowest BCUT2D eigenvalue weighted by molar-refractivity contribution is -0.128. The Morgan fingerprint density at radius 3 is 2.69 bits per heavy atom. The fraction of sp³-hybridized carbons (Fsp3) is 0.429. The first-order chi connectivity index (χ1) is 6.01. The highest BCUT2D eigenvalue weighted by Crippen LogP contribution is 2.19. The first kappa shape index (κ1) is 9.76. The van der Waals surface area contributed by atoms with Crippen LogP contribution in [0.25, 0.3) is 0 Å². The van der Waals surface area contributed by atoms with Crippen LogP contribution in [-0.4, -0.2) is 23.2 Å². The summed E-state index contributed by atoms with van der Waals surface area (Å²) in [6.45, 7) is 0. The van der Waals surface area contributed by atoms with Crippen LogP contribution in [-0.2, 0) is 6.42 Å². The fourth-order valence-electron chi connectivity index (χ4n) is 0.803. The molecule has 0 saturated heterocycles. The molecule has 1 heterocycles. The average Bonchev–Trinajstić information content (AvgIpc) is 2.01. The van der Waals surface area contributed by atoms with E-state index in [1.165, 1.54) is 12.3 Å². The van der Waals surface area contributed by atoms with Crippen LogP contribution in [0.15, 0.2) is 12.3 Å². The van der Waals surface area contributed by atoms with Gasteiger partial charge in [0.2, 0.25) is 0 Å². The highest BCUT2D eigenvalue weighted by molar-refractivity contribution is 5.31. The Kier molecular flexibility index (Phi) is 2.69. The number of nitrogens with zero attached hydrogens (tertiary/aromatic N) is 2. The average molecular weight is 191 g/mol. The predicted octanol–water partition coefficient (Wildman–Crippen LogP) is 1.62. The van der Waals surface area contributed by atoms with E-state index in [1.807, 2.05) is 0 Å². The number of hydrogen-bond donors (Lipinski definition) is 1. The summed E-state index contributed by atoms with van der Waals surface area (Å²) in [4.78, 5) is 7.14. The van der Waals surface area contributed by atoms with Crippen LogP contribution < -0.4 is 5.32 Å². The van der Waals surface area contributed by atoms with Crippen molar-refractivity contribution in [1.29, 1.82) is 0 Å². The summed E-state index contributed by atoms with van der Waals surface area (Å²) in [6, 6.07) is 1.50. The maximum absolute atomic E-state index is 11.9. The van der Waals surface area contributed by atoms with Gasteiger partial charge in [-0.25, -0.2) is 9.97 Å². The van der Waals surface area contributed by atoms with Crippen molar-refractivity contribution in [1.82, 2.24) is 9.97 Å². The zero-order valence-corrected chi connectivity index (χ0v) is 6.89. The smallest absolute Gasteiger partial charge is 0.373 e. The van der Waals surface area contributed by atoms with Crippen molar-refractivity contribution in [2.45, 2.75) is 12.6 Å². The minimum absolute atomic E-state index is 0.223. The SMILES string of the molecule is CNc1ccnc(CC(F)(F)F)n1. The summed E-state index contributed by atoms with van der Waals surface area (Å²) in [7, 11) is 1.58. The summed E-state index contributed by atoms with van der Waals surface area (Å²) in [5.74, 6) is 0.161. The number of anilines is 1. The lowest BCUT2D eigenvalue weighted by Gasteiger charge is -2.05. The summed E-state index contributed by atoms with van der Waals surface area (Å²) in [5.41, 5.74) is 0. The molecule has 0 aliphatic carbocycles. The fourth-order valence-corrected chi connectivity index (χ4v) is 0.803. The van der Waals surface area contributed by atoms with Crippen LogP contribution in [0, 0.1) is 0 Å².